The number of carbonyl (C=O) groups excluding carboxylic acids is 3. The molecule has 1 saturated heterocycles. The number of halogens is 1. The Bertz CT molecular complexity index is 764. The molecule has 0 N–H and O–H groups in total. The number of carbonyl (C=O) groups is 3. The second-order valence-corrected chi connectivity index (χ2v) is 5.23. The lowest BCUT2D eigenvalue weighted by molar-refractivity contribution is -0.133. The highest BCUT2D eigenvalue weighted by atomic mass is 35.5. The molecule has 118 valence electrons. The number of nitroso groups, excluding NO2 is 1. The van der Waals surface area contributed by atoms with Gasteiger partial charge in [0.25, 0.3) is 5.91 Å². The van der Waals surface area contributed by atoms with Crippen LogP contribution >= 0.6 is 11.6 Å². The van der Waals surface area contributed by atoms with Crippen LogP contribution in [0.15, 0.2) is 34.7 Å². The fourth-order valence-electron chi connectivity index (χ4n) is 2.60. The monoisotopic (exact) mass is 336 g/mol. The molecule has 0 bridgehead atoms. The van der Waals surface area contributed by atoms with E-state index in [1.54, 1.807) is 12.1 Å². The summed E-state index contributed by atoms with van der Waals surface area (Å²) in [5, 5.41) is 7.04. The number of esters is 1. The molecule has 10 heteroatoms. The van der Waals surface area contributed by atoms with Crippen molar-refractivity contribution in [2.24, 2.45) is 16.3 Å². The van der Waals surface area contributed by atoms with Gasteiger partial charge in [0, 0.05) is 5.02 Å². The van der Waals surface area contributed by atoms with Crippen LogP contribution in [0.1, 0.15) is 0 Å². The first-order chi connectivity index (χ1) is 11.0. The molecule has 2 atom stereocenters. The number of imide groups is 1. The lowest BCUT2D eigenvalue weighted by Gasteiger charge is -2.16. The summed E-state index contributed by atoms with van der Waals surface area (Å²) in [6.45, 7) is 0. The van der Waals surface area contributed by atoms with E-state index >= 15 is 0 Å². The van der Waals surface area contributed by atoms with Crippen molar-refractivity contribution in [2.75, 3.05) is 12.0 Å². The molecular formula is C13H9ClN4O5. The highest BCUT2D eigenvalue weighted by Crippen LogP contribution is 2.36. The van der Waals surface area contributed by atoms with Gasteiger partial charge in [-0.3, -0.25) is 9.59 Å². The number of nitrogens with zero attached hydrogens (tertiary/aromatic N) is 4. The molecule has 2 aliphatic heterocycles. The number of amides is 2. The maximum absolute atomic E-state index is 12.6. The smallest absolute Gasteiger partial charge is 0.355 e. The lowest BCUT2D eigenvalue weighted by atomic mass is 9.98. The molecule has 9 nitrogen and oxygen atoms in total. The molecule has 0 spiro atoms. The zero-order valence-corrected chi connectivity index (χ0v) is 12.4. The van der Waals surface area contributed by atoms with Crippen LogP contribution in [0.2, 0.25) is 5.02 Å². The van der Waals surface area contributed by atoms with Crippen LogP contribution in [0.25, 0.3) is 0 Å². The maximum Gasteiger partial charge on any atom is 0.355 e. The molecule has 1 aromatic rings. The van der Waals surface area contributed by atoms with E-state index in [1.165, 1.54) is 12.1 Å². The lowest BCUT2D eigenvalue weighted by Crippen LogP contribution is -2.36. The molecular weight excluding hydrogens is 328 g/mol. The minimum absolute atomic E-state index is 0.233. The Morgan fingerprint density at radius 3 is 2.70 bits per heavy atom. The molecule has 2 amide bonds. The van der Waals surface area contributed by atoms with E-state index in [-0.39, 0.29) is 11.4 Å². The van der Waals surface area contributed by atoms with Crippen molar-refractivity contribution < 1.29 is 19.1 Å². The van der Waals surface area contributed by atoms with Gasteiger partial charge in [-0.1, -0.05) is 17.7 Å². The average Bonchev–Trinajstić information content (AvgIpc) is 3.04. The van der Waals surface area contributed by atoms with E-state index in [0.717, 1.165) is 12.0 Å². The van der Waals surface area contributed by atoms with Gasteiger partial charge >= 0.3 is 5.97 Å². The van der Waals surface area contributed by atoms with E-state index in [2.05, 4.69) is 15.1 Å². The van der Waals surface area contributed by atoms with Crippen molar-refractivity contribution in [2.45, 2.75) is 6.04 Å². The third-order valence-electron chi connectivity index (χ3n) is 3.57. The molecule has 3 rings (SSSR count). The first-order valence-corrected chi connectivity index (χ1v) is 6.80. The Hall–Kier alpha value is -2.81. The van der Waals surface area contributed by atoms with Gasteiger partial charge in [0.1, 0.15) is 5.92 Å². The van der Waals surface area contributed by atoms with Crippen molar-refractivity contribution in [3.8, 4) is 0 Å². The minimum atomic E-state index is -1.30. The van der Waals surface area contributed by atoms with Crippen molar-refractivity contribution in [1.82, 2.24) is 5.12 Å². The van der Waals surface area contributed by atoms with Crippen LogP contribution in [0, 0.1) is 10.8 Å². The number of methoxy groups -OCH3 is 1. The van der Waals surface area contributed by atoms with Crippen LogP contribution in [0.3, 0.4) is 0 Å². The van der Waals surface area contributed by atoms with Gasteiger partial charge in [-0.2, -0.15) is 0 Å². The molecule has 1 fully saturated rings. The number of hydrazone groups is 1. The van der Waals surface area contributed by atoms with Gasteiger partial charge in [-0.05, 0) is 18.2 Å². The Labute approximate surface area is 134 Å². The Balaban J connectivity index is 2.05. The maximum atomic E-state index is 12.6. The Morgan fingerprint density at radius 2 is 2.09 bits per heavy atom. The second kappa shape index (κ2) is 5.43. The number of ether oxygens (including phenoxy) is 1. The summed E-state index contributed by atoms with van der Waals surface area (Å²) in [5.74, 6) is -3.56. The van der Waals surface area contributed by atoms with Gasteiger partial charge < -0.3 is 4.74 Å². The van der Waals surface area contributed by atoms with Gasteiger partial charge in [0.2, 0.25) is 5.91 Å². The zero-order chi connectivity index (χ0) is 16.7. The predicted molar refractivity (Wildman–Crippen MR) is 78.3 cm³/mol. The Kier molecular flexibility index (Phi) is 3.57. The third-order valence-corrected chi connectivity index (χ3v) is 3.81. The summed E-state index contributed by atoms with van der Waals surface area (Å²) in [5.41, 5.74) is -0.100. The van der Waals surface area contributed by atoms with Crippen molar-refractivity contribution in [3.63, 3.8) is 0 Å². The molecule has 0 radical (unpaired) electrons. The fraction of sp³-hybridized carbons (Fsp3) is 0.231. The predicted octanol–water partition coefficient (Wildman–Crippen LogP) is 0.724. The van der Waals surface area contributed by atoms with Gasteiger partial charge in [0.05, 0.1) is 18.1 Å². The highest BCUT2D eigenvalue weighted by molar-refractivity contribution is 6.46. The minimum Gasteiger partial charge on any atom is -0.464 e. The summed E-state index contributed by atoms with van der Waals surface area (Å²) >= 11 is 5.87. The molecule has 2 aliphatic rings. The zero-order valence-electron chi connectivity index (χ0n) is 11.7. The van der Waals surface area contributed by atoms with Crippen molar-refractivity contribution in [3.05, 3.63) is 34.2 Å². The number of hydrogen-bond acceptors (Lipinski definition) is 7. The average molecular weight is 337 g/mol. The van der Waals surface area contributed by atoms with Gasteiger partial charge in [0.15, 0.2) is 11.8 Å². The van der Waals surface area contributed by atoms with Crippen LogP contribution in [0.4, 0.5) is 5.69 Å². The standard InChI is InChI=1S/C13H9ClN4O5/c1-23-13(21)9-8-10(18(15-9)16-22)12(20)17(11(8)19)7-4-2-3-6(14)5-7/h2-5,8,10H,1H3/t8-,10-/m0/s1. The summed E-state index contributed by atoms with van der Waals surface area (Å²) in [6, 6.07) is 4.78. The number of fused-ring (bicyclic) bond motifs is 1. The topological polar surface area (TPSA) is 109 Å². The molecule has 23 heavy (non-hydrogen) atoms. The van der Waals surface area contributed by atoms with E-state index in [0.29, 0.717) is 10.1 Å². The summed E-state index contributed by atoms with van der Waals surface area (Å²) in [7, 11) is 1.10. The van der Waals surface area contributed by atoms with E-state index < -0.39 is 29.7 Å². The number of rotatable bonds is 3. The van der Waals surface area contributed by atoms with E-state index in [1.807, 2.05) is 0 Å². The molecule has 2 heterocycles. The molecule has 0 aromatic heterocycles. The van der Waals surface area contributed by atoms with Crippen LogP contribution < -0.4 is 4.90 Å². The number of anilines is 1. The fourth-order valence-corrected chi connectivity index (χ4v) is 2.79. The quantitative estimate of drug-likeness (QED) is 0.457. The normalized spacial score (nSPS) is 23.0. The number of benzene rings is 1. The number of hydrogen-bond donors (Lipinski definition) is 0. The summed E-state index contributed by atoms with van der Waals surface area (Å²) in [6.07, 6.45) is 0. The van der Waals surface area contributed by atoms with E-state index in [4.69, 9.17) is 11.6 Å². The first-order valence-electron chi connectivity index (χ1n) is 6.42. The van der Waals surface area contributed by atoms with Crippen molar-refractivity contribution in [1.29, 1.82) is 0 Å². The SMILES string of the molecule is COC(=O)C1=NN(N=O)[C@@H]2C(=O)N(c3cccc(Cl)c3)C(=O)[C@@H]12. The summed E-state index contributed by atoms with van der Waals surface area (Å²) in [4.78, 5) is 48.6. The van der Waals surface area contributed by atoms with E-state index in [9.17, 15) is 19.3 Å². The third kappa shape index (κ3) is 2.16. The van der Waals surface area contributed by atoms with Crippen LogP contribution in [-0.4, -0.2) is 41.8 Å². The molecule has 0 saturated carbocycles. The molecule has 0 aliphatic carbocycles. The van der Waals surface area contributed by atoms with Gasteiger partial charge in [-0.25, -0.2) is 9.69 Å². The Morgan fingerprint density at radius 1 is 1.35 bits per heavy atom. The largest absolute Gasteiger partial charge is 0.464 e. The van der Waals surface area contributed by atoms with Crippen molar-refractivity contribution >= 4 is 40.8 Å². The van der Waals surface area contributed by atoms with Gasteiger partial charge in [-0.15, -0.1) is 15.1 Å². The first kappa shape index (κ1) is 15.1. The summed E-state index contributed by atoms with van der Waals surface area (Å²) < 4.78 is 4.54. The second-order valence-electron chi connectivity index (χ2n) is 4.79. The molecule has 0 unspecified atom stereocenters. The highest BCUT2D eigenvalue weighted by Gasteiger charge is 2.59. The molecule has 1 aromatic carbocycles. The van der Waals surface area contributed by atoms with Crippen LogP contribution in [0.5, 0.6) is 0 Å². The van der Waals surface area contributed by atoms with Crippen LogP contribution in [-0.2, 0) is 19.1 Å².